The molecular weight excluding hydrogens is 206 g/mol. The van der Waals surface area contributed by atoms with E-state index in [0.29, 0.717) is 0 Å². The molecule has 2 N–H and O–H groups in total. The van der Waals surface area contributed by atoms with Crippen LogP contribution in [0, 0.1) is 22.7 Å². The minimum atomic E-state index is -0.0668. The van der Waals surface area contributed by atoms with Crippen molar-refractivity contribution in [2.45, 2.75) is 0 Å². The Labute approximate surface area is 92.5 Å². The average Bonchev–Trinajstić information content (AvgIpc) is 2.26. The lowest BCUT2D eigenvalue weighted by Gasteiger charge is -2.03. The van der Waals surface area contributed by atoms with E-state index in [1.807, 2.05) is 6.07 Å². The summed E-state index contributed by atoms with van der Waals surface area (Å²) in [5, 5.41) is 17.5. The van der Waals surface area contributed by atoms with E-state index in [-0.39, 0.29) is 23.0 Å². The highest BCUT2D eigenvalue weighted by atomic mass is 15.1. The van der Waals surface area contributed by atoms with Gasteiger partial charge in [0.15, 0.2) is 23.0 Å². The molecule has 0 spiro atoms. The molecule has 1 heterocycles. The molecule has 0 saturated heterocycles. The van der Waals surface area contributed by atoms with Gasteiger partial charge in [-0.05, 0) is 0 Å². The van der Waals surface area contributed by atoms with Gasteiger partial charge in [-0.15, -0.1) is 0 Å². The third-order valence-electron chi connectivity index (χ3n) is 1.53. The molecule has 1 aromatic rings. The van der Waals surface area contributed by atoms with Gasteiger partial charge in [-0.2, -0.15) is 10.5 Å². The van der Waals surface area contributed by atoms with Gasteiger partial charge < -0.3 is 10.6 Å². The predicted molar refractivity (Wildman–Crippen MR) is 57.7 cm³/mol. The van der Waals surface area contributed by atoms with Gasteiger partial charge in [-0.25, -0.2) is 15.0 Å². The van der Waals surface area contributed by atoms with Gasteiger partial charge in [0.05, 0.1) is 6.34 Å². The first kappa shape index (κ1) is 11.4. The monoisotopic (exact) mass is 215 g/mol. The lowest BCUT2D eigenvalue weighted by atomic mass is 10.4. The van der Waals surface area contributed by atoms with Crippen LogP contribution < -0.4 is 5.73 Å². The van der Waals surface area contributed by atoms with Gasteiger partial charge in [0.1, 0.15) is 12.1 Å². The molecule has 0 atom stereocenters. The van der Waals surface area contributed by atoms with Crippen LogP contribution in [-0.2, 0) is 0 Å². The van der Waals surface area contributed by atoms with Gasteiger partial charge in [0.25, 0.3) is 0 Å². The summed E-state index contributed by atoms with van der Waals surface area (Å²) in [7, 11) is 3.54. The first-order chi connectivity index (χ1) is 7.58. The molecule has 0 unspecified atom stereocenters. The van der Waals surface area contributed by atoms with E-state index in [1.165, 1.54) is 6.34 Å². The number of anilines is 1. The molecule has 0 bridgehead atoms. The Balaban J connectivity index is 3.28. The van der Waals surface area contributed by atoms with E-state index in [4.69, 9.17) is 16.3 Å². The summed E-state index contributed by atoms with van der Waals surface area (Å²) >= 11 is 0. The third-order valence-corrected chi connectivity index (χ3v) is 1.53. The molecule has 1 aromatic heterocycles. The lowest BCUT2D eigenvalue weighted by molar-refractivity contribution is 0.643. The minimum absolute atomic E-state index is 0.00500. The topological polar surface area (TPSA) is 115 Å². The second-order valence-corrected chi connectivity index (χ2v) is 3.06. The van der Waals surface area contributed by atoms with Gasteiger partial charge in [-0.3, -0.25) is 0 Å². The fourth-order valence-electron chi connectivity index (χ4n) is 0.857. The second kappa shape index (κ2) is 4.71. The molecule has 0 fully saturated rings. The standard InChI is InChI=1S/C9H9N7/c1-16(2)5-13-9-7(4-11)14-8(12)6(3-10)15-9/h5H,1-2H3,(H2,12,14). The Kier molecular flexibility index (Phi) is 3.36. The fourth-order valence-corrected chi connectivity index (χ4v) is 0.857. The molecule has 1 rings (SSSR count). The van der Waals surface area contributed by atoms with Crippen LogP contribution in [0.1, 0.15) is 11.4 Å². The first-order valence-electron chi connectivity index (χ1n) is 4.26. The Morgan fingerprint density at radius 1 is 1.25 bits per heavy atom. The van der Waals surface area contributed by atoms with Crippen molar-refractivity contribution in [1.29, 1.82) is 10.5 Å². The number of rotatable bonds is 2. The molecule has 0 aromatic carbocycles. The highest BCUT2D eigenvalue weighted by Crippen LogP contribution is 2.16. The Morgan fingerprint density at radius 2 is 1.88 bits per heavy atom. The summed E-state index contributed by atoms with van der Waals surface area (Å²) < 4.78 is 0. The van der Waals surface area contributed by atoms with E-state index < -0.39 is 0 Å². The molecule has 0 radical (unpaired) electrons. The number of aromatic nitrogens is 2. The smallest absolute Gasteiger partial charge is 0.192 e. The highest BCUT2D eigenvalue weighted by molar-refractivity contribution is 5.63. The molecule has 0 amide bonds. The third kappa shape index (κ3) is 2.42. The first-order valence-corrected chi connectivity index (χ1v) is 4.26. The maximum absolute atomic E-state index is 8.79. The molecule has 7 heteroatoms. The highest BCUT2D eigenvalue weighted by Gasteiger charge is 2.10. The van der Waals surface area contributed by atoms with Crippen LogP contribution in [-0.4, -0.2) is 35.3 Å². The van der Waals surface area contributed by atoms with Crippen LogP contribution in [0.25, 0.3) is 0 Å². The number of hydrogen-bond donors (Lipinski definition) is 1. The van der Waals surface area contributed by atoms with Crippen molar-refractivity contribution in [3.63, 3.8) is 0 Å². The molecule has 0 aliphatic carbocycles. The predicted octanol–water partition coefficient (Wildman–Crippen LogP) is 0.0236. The average molecular weight is 215 g/mol. The van der Waals surface area contributed by atoms with Crippen LogP contribution in [0.15, 0.2) is 4.99 Å². The van der Waals surface area contributed by atoms with Crippen LogP contribution >= 0.6 is 0 Å². The molecule has 80 valence electrons. The fraction of sp³-hybridized carbons (Fsp3) is 0.222. The van der Waals surface area contributed by atoms with E-state index in [0.717, 1.165) is 0 Å². The molecule has 16 heavy (non-hydrogen) atoms. The second-order valence-electron chi connectivity index (χ2n) is 3.06. The maximum Gasteiger partial charge on any atom is 0.192 e. The summed E-state index contributed by atoms with van der Waals surface area (Å²) in [6.07, 6.45) is 1.46. The zero-order chi connectivity index (χ0) is 12.1. The number of nitrogens with two attached hydrogens (primary N) is 1. The van der Waals surface area contributed by atoms with E-state index in [9.17, 15) is 0 Å². The van der Waals surface area contributed by atoms with Crippen molar-refractivity contribution in [3.05, 3.63) is 11.4 Å². The van der Waals surface area contributed by atoms with Crippen LogP contribution in [0.4, 0.5) is 11.6 Å². The number of hydrogen-bond acceptors (Lipinski definition) is 6. The van der Waals surface area contributed by atoms with Gasteiger partial charge >= 0.3 is 0 Å². The zero-order valence-electron chi connectivity index (χ0n) is 8.84. The van der Waals surface area contributed by atoms with Crippen molar-refractivity contribution < 1.29 is 0 Å². The summed E-state index contributed by atoms with van der Waals surface area (Å²) in [6.45, 7) is 0. The van der Waals surface area contributed by atoms with Crippen LogP contribution in [0.3, 0.4) is 0 Å². The van der Waals surface area contributed by atoms with Gasteiger partial charge in [-0.1, -0.05) is 0 Å². The minimum Gasteiger partial charge on any atom is -0.381 e. The van der Waals surface area contributed by atoms with E-state index in [2.05, 4.69) is 15.0 Å². The summed E-state index contributed by atoms with van der Waals surface area (Å²) in [4.78, 5) is 13.2. The van der Waals surface area contributed by atoms with E-state index >= 15 is 0 Å². The van der Waals surface area contributed by atoms with Crippen LogP contribution in [0.2, 0.25) is 0 Å². The normalized spacial score (nSPS) is 9.75. The van der Waals surface area contributed by atoms with Crippen molar-refractivity contribution in [3.8, 4) is 12.1 Å². The summed E-state index contributed by atoms with van der Waals surface area (Å²) in [5.41, 5.74) is 5.38. The molecule has 0 saturated carbocycles. The van der Waals surface area contributed by atoms with Crippen molar-refractivity contribution in [2.24, 2.45) is 4.99 Å². The van der Waals surface area contributed by atoms with Crippen molar-refractivity contribution in [1.82, 2.24) is 14.9 Å². The Hall–Kier alpha value is -2.67. The Morgan fingerprint density at radius 3 is 2.38 bits per heavy atom. The summed E-state index contributed by atoms with van der Waals surface area (Å²) in [5.74, 6) is 0.0183. The Bertz CT molecular complexity index is 504. The SMILES string of the molecule is CN(C)C=Nc1nc(C#N)c(N)nc1C#N. The number of nitrogen functional groups attached to an aromatic ring is 1. The number of nitriles is 2. The summed E-state index contributed by atoms with van der Waals surface area (Å²) in [6, 6.07) is 3.60. The molecule has 7 nitrogen and oxygen atoms in total. The molecule has 0 aliphatic heterocycles. The van der Waals surface area contributed by atoms with Crippen molar-refractivity contribution >= 4 is 18.0 Å². The van der Waals surface area contributed by atoms with Gasteiger partial charge in [0, 0.05) is 14.1 Å². The quantitative estimate of drug-likeness (QED) is 0.549. The molecular formula is C9H9N7. The zero-order valence-corrected chi connectivity index (χ0v) is 8.84. The number of aliphatic imine (C=N–C) groups is 1. The van der Waals surface area contributed by atoms with E-state index in [1.54, 1.807) is 25.1 Å². The maximum atomic E-state index is 8.79. The van der Waals surface area contributed by atoms with Gasteiger partial charge in [0.2, 0.25) is 0 Å². The van der Waals surface area contributed by atoms with Crippen LogP contribution in [0.5, 0.6) is 0 Å². The van der Waals surface area contributed by atoms with Crippen molar-refractivity contribution in [2.75, 3.05) is 19.8 Å². The lowest BCUT2D eigenvalue weighted by Crippen LogP contribution is -2.08. The largest absolute Gasteiger partial charge is 0.381 e. The molecule has 0 aliphatic rings. The number of nitrogens with zero attached hydrogens (tertiary/aromatic N) is 6.